The molecule has 0 saturated carbocycles. The lowest BCUT2D eigenvalue weighted by Gasteiger charge is -2.36. The monoisotopic (exact) mass is 485 g/mol. The van der Waals surface area contributed by atoms with Gasteiger partial charge in [0.2, 0.25) is 5.91 Å². The Hall–Kier alpha value is -2.97. The molecule has 1 aliphatic heterocycles. The standard InChI is InChI=1S/C27H36FN3O4/c1-6-26(32)29-21-11-12-22-24(13-21)35-17-19(3)31(15-20-9-7-8-10-23(20)28)14-18(2)25(34-5)16-30(4)27(22)33/h7-13,18-19,25H,6,14-17H2,1-5H3,(H,29,32)/t18-,19-,25+/m1/s1. The predicted octanol–water partition coefficient (Wildman–Crippen LogP) is 4.18. The fourth-order valence-electron chi connectivity index (χ4n) is 4.24. The highest BCUT2D eigenvalue weighted by atomic mass is 19.1. The molecule has 0 aromatic heterocycles. The Labute approximate surface area is 207 Å². The number of ether oxygens (including phenoxy) is 2. The number of amides is 2. The Bertz CT molecular complexity index is 1030. The van der Waals surface area contributed by atoms with Crippen LogP contribution in [0.4, 0.5) is 10.1 Å². The van der Waals surface area contributed by atoms with Gasteiger partial charge < -0.3 is 19.7 Å². The summed E-state index contributed by atoms with van der Waals surface area (Å²) in [6.07, 6.45) is 0.143. The van der Waals surface area contributed by atoms with Crippen molar-refractivity contribution in [1.82, 2.24) is 9.80 Å². The van der Waals surface area contributed by atoms with Gasteiger partial charge in [-0.05, 0) is 31.0 Å². The average Bonchev–Trinajstić information content (AvgIpc) is 2.85. The van der Waals surface area contributed by atoms with E-state index in [-0.39, 0.29) is 42.3 Å². The zero-order valence-corrected chi connectivity index (χ0v) is 21.2. The normalized spacial score (nSPS) is 21.9. The molecule has 1 N–H and O–H groups in total. The van der Waals surface area contributed by atoms with Crippen LogP contribution in [0, 0.1) is 11.7 Å². The Balaban J connectivity index is 1.95. The van der Waals surface area contributed by atoms with Gasteiger partial charge in [-0.1, -0.05) is 32.0 Å². The van der Waals surface area contributed by atoms with Gasteiger partial charge in [-0.3, -0.25) is 14.5 Å². The molecular formula is C27H36FN3O4. The Morgan fingerprint density at radius 3 is 2.63 bits per heavy atom. The van der Waals surface area contributed by atoms with Crippen molar-refractivity contribution in [3.63, 3.8) is 0 Å². The van der Waals surface area contributed by atoms with Crippen molar-refractivity contribution in [3.05, 3.63) is 59.4 Å². The van der Waals surface area contributed by atoms with Crippen molar-refractivity contribution in [2.24, 2.45) is 5.92 Å². The van der Waals surface area contributed by atoms with E-state index in [1.165, 1.54) is 6.07 Å². The Morgan fingerprint density at radius 1 is 1.20 bits per heavy atom. The van der Waals surface area contributed by atoms with Gasteiger partial charge in [0.15, 0.2) is 0 Å². The van der Waals surface area contributed by atoms with Crippen LogP contribution in [0.3, 0.4) is 0 Å². The van der Waals surface area contributed by atoms with Gasteiger partial charge in [0.25, 0.3) is 5.91 Å². The van der Waals surface area contributed by atoms with Gasteiger partial charge in [-0.15, -0.1) is 0 Å². The lowest BCUT2D eigenvalue weighted by molar-refractivity contribution is -0.115. The molecule has 0 aliphatic carbocycles. The van der Waals surface area contributed by atoms with Crippen LogP contribution < -0.4 is 10.1 Å². The molecule has 0 spiro atoms. The van der Waals surface area contributed by atoms with E-state index in [1.807, 2.05) is 13.0 Å². The number of methoxy groups -OCH3 is 1. The minimum atomic E-state index is -0.241. The summed E-state index contributed by atoms with van der Waals surface area (Å²) in [6, 6.07) is 11.8. The molecule has 0 bridgehead atoms. The van der Waals surface area contributed by atoms with Crippen LogP contribution in [0.5, 0.6) is 5.75 Å². The highest BCUT2D eigenvalue weighted by Crippen LogP contribution is 2.27. The molecule has 0 fully saturated rings. The number of carbonyl (C=O) groups excluding carboxylic acids is 2. The molecule has 8 heteroatoms. The third-order valence-corrected chi connectivity index (χ3v) is 6.51. The van der Waals surface area contributed by atoms with E-state index in [2.05, 4.69) is 17.1 Å². The first-order valence-electron chi connectivity index (χ1n) is 12.1. The highest BCUT2D eigenvalue weighted by molar-refractivity contribution is 5.98. The highest BCUT2D eigenvalue weighted by Gasteiger charge is 2.28. The first-order chi connectivity index (χ1) is 16.7. The van der Waals surface area contributed by atoms with Crippen molar-refractivity contribution in [3.8, 4) is 5.75 Å². The van der Waals surface area contributed by atoms with Crippen LogP contribution in [0.1, 0.15) is 43.1 Å². The van der Waals surface area contributed by atoms with E-state index < -0.39 is 0 Å². The third-order valence-electron chi connectivity index (χ3n) is 6.51. The van der Waals surface area contributed by atoms with Crippen LogP contribution in [0.15, 0.2) is 42.5 Å². The molecule has 1 heterocycles. The summed E-state index contributed by atoms with van der Waals surface area (Å²) < 4.78 is 26.4. The van der Waals surface area contributed by atoms with Crippen LogP contribution >= 0.6 is 0 Å². The van der Waals surface area contributed by atoms with E-state index >= 15 is 0 Å². The molecule has 0 saturated heterocycles. The summed E-state index contributed by atoms with van der Waals surface area (Å²) in [5, 5.41) is 2.82. The number of halogens is 1. The number of fused-ring (bicyclic) bond motifs is 1. The lowest BCUT2D eigenvalue weighted by atomic mass is 10.0. The van der Waals surface area contributed by atoms with Crippen molar-refractivity contribution < 1.29 is 23.5 Å². The summed E-state index contributed by atoms with van der Waals surface area (Å²) in [6.45, 7) is 7.62. The first kappa shape index (κ1) is 26.6. The molecule has 2 amide bonds. The van der Waals surface area contributed by atoms with Crippen molar-refractivity contribution in [2.75, 3.05) is 39.2 Å². The number of rotatable bonds is 5. The first-order valence-corrected chi connectivity index (χ1v) is 12.1. The Morgan fingerprint density at radius 2 is 1.94 bits per heavy atom. The van der Waals surface area contributed by atoms with Gasteiger partial charge in [-0.2, -0.15) is 0 Å². The second-order valence-corrected chi connectivity index (χ2v) is 9.23. The molecule has 0 unspecified atom stereocenters. The maximum atomic E-state index is 14.5. The number of benzene rings is 2. The molecule has 7 nitrogen and oxygen atoms in total. The summed E-state index contributed by atoms with van der Waals surface area (Å²) in [7, 11) is 3.39. The minimum Gasteiger partial charge on any atom is -0.491 e. The van der Waals surface area contributed by atoms with E-state index in [0.717, 1.165) is 0 Å². The van der Waals surface area contributed by atoms with Crippen molar-refractivity contribution in [1.29, 1.82) is 0 Å². The van der Waals surface area contributed by atoms with Crippen molar-refractivity contribution >= 4 is 17.5 Å². The van der Waals surface area contributed by atoms with Crippen LogP contribution in [0.25, 0.3) is 0 Å². The fourth-order valence-corrected chi connectivity index (χ4v) is 4.24. The summed E-state index contributed by atoms with van der Waals surface area (Å²) in [5.74, 6) is -0.0670. The molecule has 190 valence electrons. The molecule has 0 radical (unpaired) electrons. The second kappa shape index (κ2) is 12.1. The topological polar surface area (TPSA) is 71.1 Å². The number of likely N-dealkylation sites (N-methyl/N-ethyl adjacent to an activating group) is 1. The zero-order chi connectivity index (χ0) is 25.5. The third kappa shape index (κ3) is 6.80. The van der Waals surface area contributed by atoms with Crippen molar-refractivity contribution in [2.45, 2.75) is 45.9 Å². The van der Waals surface area contributed by atoms with Gasteiger partial charge >= 0.3 is 0 Å². The van der Waals surface area contributed by atoms with E-state index in [4.69, 9.17) is 9.47 Å². The van der Waals surface area contributed by atoms with Crippen LogP contribution in [-0.4, -0.2) is 67.6 Å². The fraction of sp³-hybridized carbons (Fsp3) is 0.481. The molecule has 1 aliphatic rings. The number of nitrogens with zero attached hydrogens (tertiary/aromatic N) is 2. The predicted molar refractivity (Wildman–Crippen MR) is 134 cm³/mol. The van der Waals surface area contributed by atoms with E-state index in [1.54, 1.807) is 56.3 Å². The largest absolute Gasteiger partial charge is 0.491 e. The van der Waals surface area contributed by atoms with Gasteiger partial charge in [0.05, 0.1) is 11.7 Å². The van der Waals surface area contributed by atoms with Gasteiger partial charge in [0, 0.05) is 63.6 Å². The van der Waals surface area contributed by atoms with E-state index in [9.17, 15) is 14.0 Å². The van der Waals surface area contributed by atoms with Gasteiger partial charge in [-0.25, -0.2) is 4.39 Å². The summed E-state index contributed by atoms with van der Waals surface area (Å²) >= 11 is 0. The lowest BCUT2D eigenvalue weighted by Crippen LogP contribution is -2.46. The smallest absolute Gasteiger partial charge is 0.257 e. The van der Waals surface area contributed by atoms with Gasteiger partial charge in [0.1, 0.15) is 18.2 Å². The number of hydrogen-bond donors (Lipinski definition) is 1. The molecule has 35 heavy (non-hydrogen) atoms. The number of hydrogen-bond acceptors (Lipinski definition) is 5. The number of carbonyl (C=O) groups is 2. The maximum absolute atomic E-state index is 14.5. The number of anilines is 1. The summed E-state index contributed by atoms with van der Waals surface area (Å²) in [4.78, 5) is 29.0. The SMILES string of the molecule is CCC(=O)Nc1ccc2c(c1)OC[C@@H](C)N(Cc1ccccc1F)C[C@@H](C)[C@@H](OC)CN(C)C2=O. The molecule has 3 atom stereocenters. The molecular weight excluding hydrogens is 449 g/mol. The molecule has 2 aromatic rings. The quantitative estimate of drug-likeness (QED) is 0.688. The van der Waals surface area contributed by atoms with Crippen LogP contribution in [-0.2, 0) is 16.1 Å². The summed E-state index contributed by atoms with van der Waals surface area (Å²) in [5.41, 5.74) is 1.60. The maximum Gasteiger partial charge on any atom is 0.257 e. The van der Waals surface area contributed by atoms with E-state index in [0.29, 0.717) is 48.6 Å². The van der Waals surface area contributed by atoms with Crippen LogP contribution in [0.2, 0.25) is 0 Å². The molecule has 3 rings (SSSR count). The number of nitrogens with one attached hydrogen (secondary N) is 1. The average molecular weight is 486 g/mol. The zero-order valence-electron chi connectivity index (χ0n) is 21.2. The minimum absolute atomic E-state index is 0.0787. The second-order valence-electron chi connectivity index (χ2n) is 9.23. The molecule has 2 aromatic carbocycles. The Kier molecular flexibility index (Phi) is 9.23.